The quantitative estimate of drug-likeness (QED) is 0.771. The van der Waals surface area contributed by atoms with E-state index in [-0.39, 0.29) is 0 Å². The number of nitrogens with zero attached hydrogens (tertiary/aromatic N) is 3. The Hall–Kier alpha value is -1.68. The van der Waals surface area contributed by atoms with Crippen molar-refractivity contribution in [2.75, 3.05) is 13.1 Å². The van der Waals surface area contributed by atoms with Crippen LogP contribution in [0.5, 0.6) is 0 Å². The van der Waals surface area contributed by atoms with Crippen molar-refractivity contribution in [2.24, 2.45) is 0 Å². The van der Waals surface area contributed by atoms with E-state index in [0.29, 0.717) is 0 Å². The van der Waals surface area contributed by atoms with Crippen molar-refractivity contribution in [1.29, 1.82) is 0 Å². The van der Waals surface area contributed by atoms with E-state index in [4.69, 9.17) is 0 Å². The first-order chi connectivity index (χ1) is 8.42. The van der Waals surface area contributed by atoms with Crippen LogP contribution in [0.4, 0.5) is 0 Å². The van der Waals surface area contributed by atoms with Gasteiger partial charge in [-0.3, -0.25) is 4.98 Å². The minimum Gasteiger partial charge on any atom is -0.331 e. The molecule has 0 aromatic carbocycles. The third kappa shape index (κ3) is 3.14. The van der Waals surface area contributed by atoms with Crippen LogP contribution in [-0.4, -0.2) is 27.6 Å². The van der Waals surface area contributed by atoms with Crippen molar-refractivity contribution in [3.63, 3.8) is 0 Å². The summed E-state index contributed by atoms with van der Waals surface area (Å²) in [6, 6.07) is 4.01. The van der Waals surface area contributed by atoms with Crippen LogP contribution in [0.2, 0.25) is 0 Å². The second-order valence-corrected chi connectivity index (χ2v) is 3.92. The number of aryl methyl sites for hydroxylation is 1. The number of rotatable bonds is 6. The van der Waals surface area contributed by atoms with Gasteiger partial charge in [0.05, 0.1) is 18.2 Å². The molecule has 0 saturated heterocycles. The van der Waals surface area contributed by atoms with Crippen molar-refractivity contribution in [3.8, 4) is 11.3 Å². The van der Waals surface area contributed by atoms with Crippen molar-refractivity contribution in [1.82, 2.24) is 19.9 Å². The zero-order chi connectivity index (χ0) is 11.9. The third-order valence-electron chi connectivity index (χ3n) is 2.67. The Morgan fingerprint density at radius 2 is 2.24 bits per heavy atom. The zero-order valence-corrected chi connectivity index (χ0v) is 10.1. The van der Waals surface area contributed by atoms with Crippen LogP contribution in [0, 0.1) is 0 Å². The average Bonchev–Trinajstić information content (AvgIpc) is 2.84. The fraction of sp³-hybridized carbons (Fsp3) is 0.385. The average molecular weight is 230 g/mol. The van der Waals surface area contributed by atoms with Crippen LogP contribution in [0.1, 0.15) is 13.3 Å². The van der Waals surface area contributed by atoms with E-state index >= 15 is 0 Å². The van der Waals surface area contributed by atoms with E-state index in [1.54, 1.807) is 6.20 Å². The van der Waals surface area contributed by atoms with Gasteiger partial charge in [0, 0.05) is 24.5 Å². The molecule has 4 nitrogen and oxygen atoms in total. The van der Waals surface area contributed by atoms with Gasteiger partial charge >= 0.3 is 0 Å². The lowest BCUT2D eigenvalue weighted by Crippen LogP contribution is -2.16. The van der Waals surface area contributed by atoms with Gasteiger partial charge in [-0.2, -0.15) is 0 Å². The Kier molecular flexibility index (Phi) is 4.27. The molecule has 0 fully saturated rings. The number of aromatic nitrogens is 3. The number of pyridine rings is 1. The first-order valence-electron chi connectivity index (χ1n) is 6.03. The summed E-state index contributed by atoms with van der Waals surface area (Å²) in [5, 5.41) is 3.32. The molecule has 0 atom stereocenters. The maximum Gasteiger partial charge on any atom is 0.0950 e. The van der Waals surface area contributed by atoms with E-state index in [1.165, 1.54) is 0 Å². The van der Waals surface area contributed by atoms with Gasteiger partial charge < -0.3 is 9.88 Å². The van der Waals surface area contributed by atoms with Crippen LogP contribution in [0.3, 0.4) is 0 Å². The molecule has 0 amide bonds. The number of nitrogens with one attached hydrogen (secondary N) is 1. The Balaban J connectivity index is 2.02. The van der Waals surface area contributed by atoms with Crippen LogP contribution in [0.25, 0.3) is 11.3 Å². The number of hydrogen-bond donors (Lipinski definition) is 1. The molecule has 0 unspecified atom stereocenters. The van der Waals surface area contributed by atoms with E-state index < -0.39 is 0 Å². The molecule has 90 valence electrons. The van der Waals surface area contributed by atoms with Crippen molar-refractivity contribution in [3.05, 3.63) is 37.1 Å². The SMILES string of the molecule is CCNCCCn1cncc1-c1cccnc1. The first kappa shape index (κ1) is 11.8. The molecule has 2 heterocycles. The normalized spacial score (nSPS) is 10.6. The van der Waals surface area contributed by atoms with Crippen LogP contribution in [-0.2, 0) is 6.54 Å². The Morgan fingerprint density at radius 1 is 1.29 bits per heavy atom. The molecule has 0 radical (unpaired) electrons. The summed E-state index contributed by atoms with van der Waals surface area (Å²) in [7, 11) is 0. The first-order valence-corrected chi connectivity index (χ1v) is 6.03. The van der Waals surface area contributed by atoms with Gasteiger partial charge in [0.2, 0.25) is 0 Å². The van der Waals surface area contributed by atoms with Gasteiger partial charge in [-0.05, 0) is 31.6 Å². The van der Waals surface area contributed by atoms with Crippen molar-refractivity contribution in [2.45, 2.75) is 19.9 Å². The highest BCUT2D eigenvalue weighted by Gasteiger charge is 2.04. The predicted octanol–water partition coefficient (Wildman–Crippen LogP) is 1.94. The summed E-state index contributed by atoms with van der Waals surface area (Å²) >= 11 is 0. The van der Waals surface area contributed by atoms with Crippen LogP contribution >= 0.6 is 0 Å². The Labute approximate surface area is 102 Å². The van der Waals surface area contributed by atoms with Gasteiger partial charge in [-0.1, -0.05) is 6.92 Å². The van der Waals surface area contributed by atoms with Gasteiger partial charge in [0.25, 0.3) is 0 Å². The van der Waals surface area contributed by atoms with Gasteiger partial charge in [-0.15, -0.1) is 0 Å². The van der Waals surface area contributed by atoms with Gasteiger partial charge in [0.1, 0.15) is 0 Å². The van der Waals surface area contributed by atoms with Crippen molar-refractivity contribution < 1.29 is 0 Å². The fourth-order valence-electron chi connectivity index (χ4n) is 1.80. The second-order valence-electron chi connectivity index (χ2n) is 3.92. The zero-order valence-electron chi connectivity index (χ0n) is 10.1. The molecule has 0 spiro atoms. The maximum absolute atomic E-state index is 4.21. The Morgan fingerprint density at radius 3 is 3.00 bits per heavy atom. The van der Waals surface area contributed by atoms with Crippen LogP contribution in [0.15, 0.2) is 37.1 Å². The summed E-state index contributed by atoms with van der Waals surface area (Å²) in [5.41, 5.74) is 2.25. The molecule has 2 rings (SSSR count). The van der Waals surface area contributed by atoms with E-state index in [9.17, 15) is 0 Å². The predicted molar refractivity (Wildman–Crippen MR) is 68.6 cm³/mol. The molecule has 17 heavy (non-hydrogen) atoms. The smallest absolute Gasteiger partial charge is 0.0950 e. The van der Waals surface area contributed by atoms with Crippen molar-refractivity contribution >= 4 is 0 Å². The minimum absolute atomic E-state index is 0.983. The lowest BCUT2D eigenvalue weighted by molar-refractivity contribution is 0.595. The highest BCUT2D eigenvalue weighted by Crippen LogP contribution is 2.17. The Bertz CT molecular complexity index is 436. The maximum atomic E-state index is 4.21. The van der Waals surface area contributed by atoms with Gasteiger partial charge in [0.15, 0.2) is 0 Å². The second kappa shape index (κ2) is 6.15. The summed E-state index contributed by atoms with van der Waals surface area (Å²) in [6.45, 7) is 5.18. The highest BCUT2D eigenvalue weighted by molar-refractivity contribution is 5.57. The summed E-state index contributed by atoms with van der Waals surface area (Å²) in [5.74, 6) is 0. The van der Waals surface area contributed by atoms with Gasteiger partial charge in [-0.25, -0.2) is 4.98 Å². The minimum atomic E-state index is 0.983. The fourth-order valence-corrected chi connectivity index (χ4v) is 1.80. The summed E-state index contributed by atoms with van der Waals surface area (Å²) < 4.78 is 2.17. The molecule has 0 bridgehead atoms. The summed E-state index contributed by atoms with van der Waals surface area (Å²) in [6.07, 6.45) is 8.54. The number of hydrogen-bond acceptors (Lipinski definition) is 3. The van der Waals surface area contributed by atoms with Crippen LogP contribution < -0.4 is 5.32 Å². The molecular formula is C13H18N4. The lowest BCUT2D eigenvalue weighted by Gasteiger charge is -2.08. The largest absolute Gasteiger partial charge is 0.331 e. The number of imidazole rings is 1. The van der Waals surface area contributed by atoms with E-state index in [2.05, 4.69) is 32.8 Å². The molecule has 2 aromatic rings. The molecule has 4 heteroatoms. The summed E-state index contributed by atoms with van der Waals surface area (Å²) in [4.78, 5) is 8.35. The monoisotopic (exact) mass is 230 g/mol. The molecule has 0 saturated carbocycles. The topological polar surface area (TPSA) is 42.7 Å². The highest BCUT2D eigenvalue weighted by atomic mass is 15.0. The third-order valence-corrected chi connectivity index (χ3v) is 2.67. The molecule has 0 aliphatic heterocycles. The lowest BCUT2D eigenvalue weighted by atomic mass is 10.2. The van der Waals surface area contributed by atoms with E-state index in [0.717, 1.165) is 37.3 Å². The molecule has 0 aliphatic rings. The molecule has 0 aliphatic carbocycles. The molecule has 2 aromatic heterocycles. The molecule has 1 N–H and O–H groups in total. The standard InChI is InChI=1S/C13H18N4/c1-2-14-7-4-8-17-11-16-10-13(17)12-5-3-6-15-9-12/h3,5-6,9-11,14H,2,4,7-8H2,1H3. The molecular weight excluding hydrogens is 212 g/mol. The van der Waals surface area contributed by atoms with E-state index in [1.807, 2.05) is 24.8 Å².